The highest BCUT2D eigenvalue weighted by atomic mass is 32.1. The standard InChI is InChI=1S/C34H33N5O2S/c1-6-18-41-27-16-17-28(22(2)19-27)30-24(21-38(36-30)26-10-8-7-9-11-26)20-29-32(40)39-33(42-29)35-31(37-39)23-12-14-25(15-13-23)34(3,4)5/h7-17,19-21H,6,18H2,1-5H3. The van der Waals surface area contributed by atoms with E-state index in [9.17, 15) is 4.79 Å². The van der Waals surface area contributed by atoms with Gasteiger partial charge in [0.25, 0.3) is 5.56 Å². The van der Waals surface area contributed by atoms with Gasteiger partial charge in [0, 0.05) is 22.9 Å². The second kappa shape index (κ2) is 11.0. The molecule has 0 unspecified atom stereocenters. The van der Waals surface area contributed by atoms with Gasteiger partial charge < -0.3 is 4.74 Å². The fourth-order valence-corrected chi connectivity index (χ4v) is 5.74. The third-order valence-electron chi connectivity index (χ3n) is 7.17. The highest BCUT2D eigenvalue weighted by molar-refractivity contribution is 7.15. The molecule has 0 aliphatic carbocycles. The van der Waals surface area contributed by atoms with Crippen molar-refractivity contribution in [3.8, 4) is 34.1 Å². The number of hydrogen-bond acceptors (Lipinski definition) is 6. The van der Waals surface area contributed by atoms with Gasteiger partial charge in [-0.2, -0.15) is 14.6 Å². The summed E-state index contributed by atoms with van der Waals surface area (Å²) in [6.07, 6.45) is 4.80. The molecule has 0 aliphatic rings. The van der Waals surface area contributed by atoms with Crippen LogP contribution in [0.4, 0.5) is 0 Å². The monoisotopic (exact) mass is 575 g/mol. The van der Waals surface area contributed by atoms with E-state index >= 15 is 0 Å². The largest absolute Gasteiger partial charge is 0.494 e. The summed E-state index contributed by atoms with van der Waals surface area (Å²) in [4.78, 5) is 18.8. The summed E-state index contributed by atoms with van der Waals surface area (Å²) in [5.41, 5.74) is 6.57. The van der Waals surface area contributed by atoms with E-state index in [2.05, 4.69) is 51.9 Å². The van der Waals surface area contributed by atoms with Crippen LogP contribution in [0.15, 0.2) is 83.8 Å². The van der Waals surface area contributed by atoms with E-state index in [1.54, 1.807) is 0 Å². The maximum absolute atomic E-state index is 13.5. The van der Waals surface area contributed by atoms with Gasteiger partial charge in [0.1, 0.15) is 11.4 Å². The van der Waals surface area contributed by atoms with Gasteiger partial charge in [-0.25, -0.2) is 4.68 Å². The van der Waals surface area contributed by atoms with Crippen molar-refractivity contribution >= 4 is 22.4 Å². The predicted molar refractivity (Wildman–Crippen MR) is 170 cm³/mol. The lowest BCUT2D eigenvalue weighted by atomic mass is 9.87. The van der Waals surface area contributed by atoms with Crippen molar-refractivity contribution in [2.45, 2.75) is 46.5 Å². The van der Waals surface area contributed by atoms with Crippen LogP contribution in [0.3, 0.4) is 0 Å². The molecule has 0 fully saturated rings. The van der Waals surface area contributed by atoms with Crippen molar-refractivity contribution in [2.75, 3.05) is 6.61 Å². The van der Waals surface area contributed by atoms with Crippen molar-refractivity contribution in [1.29, 1.82) is 0 Å². The van der Waals surface area contributed by atoms with Crippen LogP contribution in [0.1, 0.15) is 50.8 Å². The fourth-order valence-electron chi connectivity index (χ4n) is 4.84. The summed E-state index contributed by atoms with van der Waals surface area (Å²) >= 11 is 1.33. The molecule has 3 aromatic carbocycles. The van der Waals surface area contributed by atoms with E-state index in [0.717, 1.165) is 45.8 Å². The highest BCUT2D eigenvalue weighted by Crippen LogP contribution is 2.30. The van der Waals surface area contributed by atoms with Gasteiger partial charge in [0.2, 0.25) is 4.96 Å². The zero-order valence-corrected chi connectivity index (χ0v) is 25.3. The minimum absolute atomic E-state index is 0.0595. The SMILES string of the molecule is CCCOc1ccc(-c2nn(-c3ccccc3)cc2C=c2sc3nc(-c4ccc(C(C)(C)C)cc4)nn3c2=O)c(C)c1. The molecule has 212 valence electrons. The molecule has 8 heteroatoms. The van der Waals surface area contributed by atoms with Crippen molar-refractivity contribution in [3.63, 3.8) is 0 Å². The van der Waals surface area contributed by atoms with E-state index in [0.29, 0.717) is 21.9 Å². The maximum Gasteiger partial charge on any atom is 0.291 e. The zero-order chi connectivity index (χ0) is 29.4. The number of hydrogen-bond donors (Lipinski definition) is 0. The molecule has 3 heterocycles. The molecule has 0 saturated carbocycles. The number of aromatic nitrogens is 5. The Hall–Kier alpha value is -4.56. The average molecular weight is 576 g/mol. The number of nitrogens with zero attached hydrogens (tertiary/aromatic N) is 5. The Morgan fingerprint density at radius 3 is 2.40 bits per heavy atom. The van der Waals surface area contributed by atoms with Gasteiger partial charge in [-0.1, -0.05) is 81.5 Å². The first-order valence-corrected chi connectivity index (χ1v) is 14.9. The van der Waals surface area contributed by atoms with Gasteiger partial charge in [0.05, 0.1) is 16.8 Å². The third kappa shape index (κ3) is 5.37. The number of para-hydroxylation sites is 1. The van der Waals surface area contributed by atoms with Crippen LogP contribution < -0.4 is 14.8 Å². The molecule has 0 bridgehead atoms. The maximum atomic E-state index is 13.5. The molecule has 0 atom stereocenters. The summed E-state index contributed by atoms with van der Waals surface area (Å²) in [5, 5.41) is 9.52. The van der Waals surface area contributed by atoms with Crippen LogP contribution in [0.2, 0.25) is 0 Å². The van der Waals surface area contributed by atoms with Crippen LogP contribution in [-0.4, -0.2) is 31.0 Å². The van der Waals surface area contributed by atoms with Gasteiger partial charge in [-0.3, -0.25) is 4.79 Å². The first-order valence-electron chi connectivity index (χ1n) is 14.1. The van der Waals surface area contributed by atoms with Crippen LogP contribution in [0.25, 0.3) is 39.4 Å². The molecular weight excluding hydrogens is 542 g/mol. The zero-order valence-electron chi connectivity index (χ0n) is 24.5. The summed E-state index contributed by atoms with van der Waals surface area (Å²) in [7, 11) is 0. The number of rotatable bonds is 7. The summed E-state index contributed by atoms with van der Waals surface area (Å²) in [6, 6.07) is 24.2. The third-order valence-corrected chi connectivity index (χ3v) is 8.13. The highest BCUT2D eigenvalue weighted by Gasteiger charge is 2.18. The summed E-state index contributed by atoms with van der Waals surface area (Å²) < 4.78 is 9.64. The van der Waals surface area contributed by atoms with Crippen molar-refractivity contribution in [3.05, 3.63) is 111 Å². The molecule has 7 nitrogen and oxygen atoms in total. The van der Waals surface area contributed by atoms with Gasteiger partial charge in [-0.05, 0) is 66.3 Å². The van der Waals surface area contributed by atoms with E-state index in [4.69, 9.17) is 14.8 Å². The second-order valence-electron chi connectivity index (χ2n) is 11.4. The van der Waals surface area contributed by atoms with Gasteiger partial charge in [-0.15, -0.1) is 5.10 Å². The predicted octanol–water partition coefficient (Wildman–Crippen LogP) is 6.61. The van der Waals surface area contributed by atoms with Crippen molar-refractivity contribution in [1.82, 2.24) is 24.4 Å². The van der Waals surface area contributed by atoms with Gasteiger partial charge in [0.15, 0.2) is 5.82 Å². The fraction of sp³-hybridized carbons (Fsp3) is 0.235. The molecule has 0 saturated heterocycles. The molecule has 0 N–H and O–H groups in total. The molecule has 0 aliphatic heterocycles. The van der Waals surface area contributed by atoms with E-state index in [1.807, 2.05) is 77.6 Å². The molecule has 42 heavy (non-hydrogen) atoms. The average Bonchev–Trinajstić information content (AvgIpc) is 3.67. The van der Waals surface area contributed by atoms with Crippen LogP contribution in [0, 0.1) is 6.92 Å². The van der Waals surface area contributed by atoms with Crippen molar-refractivity contribution < 1.29 is 4.74 Å². The second-order valence-corrected chi connectivity index (χ2v) is 12.4. The topological polar surface area (TPSA) is 74.3 Å². The lowest BCUT2D eigenvalue weighted by Gasteiger charge is -2.18. The minimum atomic E-state index is -0.196. The first-order chi connectivity index (χ1) is 20.2. The molecule has 6 rings (SSSR count). The van der Waals surface area contributed by atoms with Gasteiger partial charge >= 0.3 is 0 Å². The quantitative estimate of drug-likeness (QED) is 0.214. The van der Waals surface area contributed by atoms with E-state index in [1.165, 1.54) is 21.4 Å². The molecule has 0 radical (unpaired) electrons. The Bertz CT molecular complexity index is 1980. The van der Waals surface area contributed by atoms with E-state index in [-0.39, 0.29) is 11.0 Å². The normalized spacial score (nSPS) is 12.4. The number of aryl methyl sites for hydroxylation is 1. The Kier molecular flexibility index (Phi) is 7.24. The molecule has 3 aromatic heterocycles. The summed E-state index contributed by atoms with van der Waals surface area (Å²) in [5.74, 6) is 1.38. The number of benzene rings is 3. The Morgan fingerprint density at radius 1 is 0.976 bits per heavy atom. The Balaban J connectivity index is 1.42. The number of thiazole rings is 1. The van der Waals surface area contributed by atoms with Crippen LogP contribution in [-0.2, 0) is 5.41 Å². The van der Waals surface area contributed by atoms with Crippen LogP contribution >= 0.6 is 11.3 Å². The number of fused-ring (bicyclic) bond motifs is 1. The minimum Gasteiger partial charge on any atom is -0.494 e. The molecular formula is C34H33N5O2S. The molecule has 0 amide bonds. The smallest absolute Gasteiger partial charge is 0.291 e. The van der Waals surface area contributed by atoms with Crippen LogP contribution in [0.5, 0.6) is 5.75 Å². The lowest BCUT2D eigenvalue weighted by molar-refractivity contribution is 0.317. The van der Waals surface area contributed by atoms with E-state index < -0.39 is 0 Å². The lowest BCUT2D eigenvalue weighted by Crippen LogP contribution is -2.23. The number of ether oxygens (including phenoxy) is 1. The Morgan fingerprint density at radius 2 is 1.74 bits per heavy atom. The molecule has 0 spiro atoms. The Labute approximate surface area is 248 Å². The summed E-state index contributed by atoms with van der Waals surface area (Å²) in [6.45, 7) is 11.4. The van der Waals surface area contributed by atoms with Crippen molar-refractivity contribution in [2.24, 2.45) is 0 Å². The first kappa shape index (κ1) is 27.6. The molecule has 6 aromatic rings.